The minimum Gasteiger partial charge on any atom is -0.0619 e. The van der Waals surface area contributed by atoms with E-state index in [1.165, 1.54) is 100 Å². The Morgan fingerprint density at radius 2 is 0.367 bits per heavy atom. The Morgan fingerprint density at radius 3 is 0.583 bits per heavy atom. The lowest BCUT2D eigenvalue weighted by Crippen LogP contribution is -2.36. The summed E-state index contributed by atoms with van der Waals surface area (Å²) in [6, 6.07) is 56.6. The zero-order chi connectivity index (χ0) is 42.4. The molecule has 7 aromatic rings. The highest BCUT2D eigenvalue weighted by molar-refractivity contribution is 5.83. The van der Waals surface area contributed by atoms with Crippen LogP contribution in [0.15, 0.2) is 146 Å². The summed E-state index contributed by atoms with van der Waals surface area (Å²) in [5, 5.41) is 0. The molecule has 0 aliphatic heterocycles. The van der Waals surface area contributed by atoms with Crippen molar-refractivity contribution in [3.63, 3.8) is 0 Å². The van der Waals surface area contributed by atoms with E-state index >= 15 is 0 Å². The predicted octanol–water partition coefficient (Wildman–Crippen LogP) is 15.6. The lowest BCUT2D eigenvalue weighted by molar-refractivity contribution is 0.521. The van der Waals surface area contributed by atoms with Crippen molar-refractivity contribution in [2.75, 3.05) is 0 Å². The molecule has 0 amide bonds. The van der Waals surface area contributed by atoms with Crippen LogP contribution in [0.25, 0.3) is 33.4 Å². The van der Waals surface area contributed by atoms with Crippen LogP contribution in [0.3, 0.4) is 0 Å². The van der Waals surface area contributed by atoms with E-state index in [9.17, 15) is 0 Å². The molecule has 3 aliphatic rings. The standard InChI is InChI=1S/C60H60/c1-55(2)43-19-13-16-22-46(43)58(7,8)52-34-37(25-28-49(52)55)40-31-41(38-26-29-50-53(35-38)59(9,10)47-23-17-14-20-44(47)56(50,3)4)33-42(32-40)39-27-30-51-54(36-39)60(11,12)48-24-18-15-21-45(48)57(51,5)6/h13-36H,1-12H3. The molecule has 0 heteroatoms. The van der Waals surface area contributed by atoms with Gasteiger partial charge in [-0.15, -0.1) is 0 Å². The molecule has 0 unspecified atom stereocenters. The van der Waals surface area contributed by atoms with Crippen molar-refractivity contribution in [3.05, 3.63) is 212 Å². The SMILES string of the molecule is CC1(C)c2ccccc2C(C)(C)c2cc(-c3cc(-c4ccc5c(c4)C(C)(C)c4ccccc4C5(C)C)cc(-c4ccc5c(c4)C(C)(C)c4ccccc4C5(C)C)c3)ccc21. The fraction of sp³-hybridized carbons (Fsp3) is 0.300. The van der Waals surface area contributed by atoms with E-state index in [1.54, 1.807) is 0 Å². The largest absolute Gasteiger partial charge is 0.0619 e. The molecule has 0 saturated carbocycles. The van der Waals surface area contributed by atoms with Gasteiger partial charge in [0.1, 0.15) is 0 Å². The van der Waals surface area contributed by atoms with Crippen molar-refractivity contribution >= 4 is 0 Å². The number of rotatable bonds is 3. The first-order valence-electron chi connectivity index (χ1n) is 22.2. The van der Waals surface area contributed by atoms with Crippen molar-refractivity contribution in [1.29, 1.82) is 0 Å². The third kappa shape index (κ3) is 5.28. The van der Waals surface area contributed by atoms with E-state index in [0.29, 0.717) is 0 Å². The highest BCUT2D eigenvalue weighted by Crippen LogP contribution is 2.54. The Labute approximate surface area is 359 Å². The molecule has 0 atom stereocenters. The van der Waals surface area contributed by atoms with Gasteiger partial charge in [-0.3, -0.25) is 0 Å². The molecule has 0 N–H and O–H groups in total. The molecule has 0 heterocycles. The van der Waals surface area contributed by atoms with Crippen LogP contribution in [0, 0.1) is 0 Å². The normalized spacial score (nSPS) is 18.8. The number of benzene rings is 7. The second-order valence-electron chi connectivity index (χ2n) is 21.5. The maximum Gasteiger partial charge on any atom is 0.0152 e. The van der Waals surface area contributed by atoms with Gasteiger partial charge in [-0.05, 0) is 137 Å². The summed E-state index contributed by atoms with van der Waals surface area (Å²) in [5.41, 5.74) is 24.0. The van der Waals surface area contributed by atoms with Crippen LogP contribution in [0.1, 0.15) is 150 Å². The van der Waals surface area contributed by atoms with Crippen LogP contribution in [0.4, 0.5) is 0 Å². The van der Waals surface area contributed by atoms with E-state index in [-0.39, 0.29) is 32.5 Å². The van der Waals surface area contributed by atoms with Gasteiger partial charge in [0.05, 0.1) is 0 Å². The van der Waals surface area contributed by atoms with Gasteiger partial charge in [0.2, 0.25) is 0 Å². The van der Waals surface area contributed by atoms with Gasteiger partial charge in [0.15, 0.2) is 0 Å². The van der Waals surface area contributed by atoms with E-state index in [2.05, 4.69) is 229 Å². The van der Waals surface area contributed by atoms with Crippen LogP contribution in [0.2, 0.25) is 0 Å². The monoisotopic (exact) mass is 780 g/mol. The fourth-order valence-corrected chi connectivity index (χ4v) is 12.1. The van der Waals surface area contributed by atoms with Crippen LogP contribution in [-0.4, -0.2) is 0 Å². The second-order valence-corrected chi connectivity index (χ2v) is 21.5. The Hall–Kier alpha value is -5.46. The maximum atomic E-state index is 2.51. The minimum absolute atomic E-state index is 0.0857. The van der Waals surface area contributed by atoms with Crippen LogP contribution < -0.4 is 0 Å². The van der Waals surface area contributed by atoms with Crippen molar-refractivity contribution in [2.24, 2.45) is 0 Å². The molecule has 0 saturated heterocycles. The highest BCUT2D eigenvalue weighted by Gasteiger charge is 2.44. The van der Waals surface area contributed by atoms with E-state index < -0.39 is 0 Å². The zero-order valence-electron chi connectivity index (χ0n) is 37.9. The quantitative estimate of drug-likeness (QED) is 0.168. The van der Waals surface area contributed by atoms with Crippen molar-refractivity contribution < 1.29 is 0 Å². The van der Waals surface area contributed by atoms with E-state index in [4.69, 9.17) is 0 Å². The first-order chi connectivity index (χ1) is 28.3. The molecule has 0 radical (unpaired) electrons. The second kappa shape index (κ2) is 12.5. The molecular weight excluding hydrogens is 721 g/mol. The molecule has 300 valence electrons. The maximum absolute atomic E-state index is 2.51. The third-order valence-corrected chi connectivity index (χ3v) is 15.9. The van der Waals surface area contributed by atoms with Gasteiger partial charge in [0.25, 0.3) is 0 Å². The zero-order valence-corrected chi connectivity index (χ0v) is 37.9. The molecule has 3 aliphatic carbocycles. The van der Waals surface area contributed by atoms with E-state index in [0.717, 1.165) is 0 Å². The molecule has 7 aromatic carbocycles. The Bertz CT molecular complexity index is 2590. The average molecular weight is 781 g/mol. The average Bonchev–Trinajstić information content (AvgIpc) is 3.24. The molecule has 0 fully saturated rings. The fourth-order valence-electron chi connectivity index (χ4n) is 12.1. The summed E-state index contributed by atoms with van der Waals surface area (Å²) in [7, 11) is 0. The first-order valence-corrected chi connectivity index (χ1v) is 22.2. The first kappa shape index (κ1) is 38.7. The summed E-state index contributed by atoms with van der Waals surface area (Å²) < 4.78 is 0. The molecule has 60 heavy (non-hydrogen) atoms. The molecule has 0 aromatic heterocycles. The predicted molar refractivity (Wildman–Crippen MR) is 255 cm³/mol. The number of fused-ring (bicyclic) bond motifs is 6. The van der Waals surface area contributed by atoms with Crippen molar-refractivity contribution in [3.8, 4) is 33.4 Å². The van der Waals surface area contributed by atoms with Gasteiger partial charge < -0.3 is 0 Å². The molecular formula is C60H60. The van der Waals surface area contributed by atoms with Crippen LogP contribution in [0.5, 0.6) is 0 Å². The summed E-state index contributed by atoms with van der Waals surface area (Å²) in [5.74, 6) is 0. The van der Waals surface area contributed by atoms with Gasteiger partial charge in [-0.2, -0.15) is 0 Å². The summed E-state index contributed by atoms with van der Waals surface area (Å²) >= 11 is 0. The Kier molecular flexibility index (Phi) is 8.10. The lowest BCUT2D eigenvalue weighted by atomic mass is 9.59. The summed E-state index contributed by atoms with van der Waals surface area (Å²) in [6.45, 7) is 28.8. The highest BCUT2D eigenvalue weighted by atomic mass is 14.5. The number of hydrogen-bond acceptors (Lipinski definition) is 0. The third-order valence-electron chi connectivity index (χ3n) is 15.9. The molecule has 0 nitrogen and oxygen atoms in total. The molecule has 10 rings (SSSR count). The lowest BCUT2D eigenvalue weighted by Gasteiger charge is -2.44. The van der Waals surface area contributed by atoms with Gasteiger partial charge >= 0.3 is 0 Å². The van der Waals surface area contributed by atoms with Crippen molar-refractivity contribution in [2.45, 2.75) is 116 Å². The van der Waals surface area contributed by atoms with Gasteiger partial charge in [0, 0.05) is 32.5 Å². The number of hydrogen-bond donors (Lipinski definition) is 0. The van der Waals surface area contributed by atoms with Gasteiger partial charge in [-0.1, -0.05) is 192 Å². The van der Waals surface area contributed by atoms with Crippen LogP contribution >= 0.6 is 0 Å². The van der Waals surface area contributed by atoms with Crippen LogP contribution in [-0.2, 0) is 32.5 Å². The molecule has 0 spiro atoms. The summed E-state index contributed by atoms with van der Waals surface area (Å²) in [6.07, 6.45) is 0. The topological polar surface area (TPSA) is 0 Å². The molecule has 0 bridgehead atoms. The van der Waals surface area contributed by atoms with Gasteiger partial charge in [-0.25, -0.2) is 0 Å². The smallest absolute Gasteiger partial charge is 0.0152 e. The summed E-state index contributed by atoms with van der Waals surface area (Å²) in [4.78, 5) is 0. The van der Waals surface area contributed by atoms with E-state index in [1.807, 2.05) is 0 Å². The Balaban J connectivity index is 1.19. The minimum atomic E-state index is -0.127. The Morgan fingerprint density at radius 1 is 0.183 bits per heavy atom. The van der Waals surface area contributed by atoms with Crippen molar-refractivity contribution in [1.82, 2.24) is 0 Å².